The number of hydrogen-bond donors (Lipinski definition) is 2. The first kappa shape index (κ1) is 16.8. The number of nitrogens with one attached hydrogen (secondary N) is 1. The van der Waals surface area contributed by atoms with E-state index in [-0.39, 0.29) is 18.8 Å². The molecule has 0 spiro atoms. The van der Waals surface area contributed by atoms with Crippen molar-refractivity contribution in [1.29, 1.82) is 0 Å². The van der Waals surface area contributed by atoms with Crippen molar-refractivity contribution < 1.29 is 21.9 Å². The maximum absolute atomic E-state index is 13.5. The fourth-order valence-electron chi connectivity index (χ4n) is 1.51. The molecule has 20 heavy (non-hydrogen) atoms. The van der Waals surface area contributed by atoms with Crippen LogP contribution in [0.2, 0.25) is 0 Å². The highest BCUT2D eigenvalue weighted by Gasteiger charge is 2.24. The molecule has 0 aliphatic rings. The number of hydrogen-bond acceptors (Lipinski definition) is 4. The fraction of sp³-hybridized carbons (Fsp3) is 0.500. The van der Waals surface area contributed by atoms with Crippen molar-refractivity contribution in [3.05, 3.63) is 23.8 Å². The smallest absolute Gasteiger partial charge is 0.246 e. The summed E-state index contributed by atoms with van der Waals surface area (Å²) in [7, 11) is -4.27. The second-order valence-electron chi connectivity index (χ2n) is 4.18. The van der Waals surface area contributed by atoms with Crippen molar-refractivity contribution in [2.75, 3.05) is 25.5 Å². The van der Waals surface area contributed by atoms with Gasteiger partial charge in [0, 0.05) is 18.8 Å². The molecular weight excluding hydrogens is 290 g/mol. The molecule has 0 aliphatic heterocycles. The van der Waals surface area contributed by atoms with Gasteiger partial charge in [0.25, 0.3) is 0 Å². The summed E-state index contributed by atoms with van der Waals surface area (Å²) in [5.74, 6) is -2.44. The van der Waals surface area contributed by atoms with Crippen molar-refractivity contribution in [2.45, 2.75) is 24.7 Å². The molecule has 3 N–H and O–H groups in total. The lowest BCUT2D eigenvalue weighted by Gasteiger charge is -2.09. The Kier molecular flexibility index (Phi) is 6.31. The Balaban J connectivity index is 2.66. The Morgan fingerprint density at radius 3 is 2.40 bits per heavy atom. The van der Waals surface area contributed by atoms with E-state index < -0.39 is 26.6 Å². The number of rotatable bonds is 8. The van der Waals surface area contributed by atoms with Crippen LogP contribution in [0.3, 0.4) is 0 Å². The van der Waals surface area contributed by atoms with Gasteiger partial charge in [0.1, 0.15) is 11.6 Å². The Bertz CT molecular complexity index is 527. The van der Waals surface area contributed by atoms with Crippen molar-refractivity contribution >= 4 is 15.7 Å². The average Bonchev–Trinajstić information content (AvgIpc) is 2.31. The van der Waals surface area contributed by atoms with Crippen molar-refractivity contribution in [1.82, 2.24) is 4.72 Å². The number of ether oxygens (including phenoxy) is 1. The fourth-order valence-corrected chi connectivity index (χ4v) is 2.63. The largest absolute Gasteiger partial charge is 0.399 e. The van der Waals surface area contributed by atoms with Crippen LogP contribution in [0, 0.1) is 11.6 Å². The third-order valence-electron chi connectivity index (χ3n) is 2.47. The standard InChI is InChI=1S/C12H18F2N2O3S/c1-2-3-5-19-6-4-16-20(17,18)12-10(13)7-9(15)8-11(12)14/h7-8,16H,2-6,15H2,1H3. The molecule has 0 aromatic heterocycles. The van der Waals surface area contributed by atoms with E-state index in [0.717, 1.165) is 25.0 Å². The van der Waals surface area contributed by atoms with E-state index >= 15 is 0 Å². The highest BCUT2D eigenvalue weighted by atomic mass is 32.2. The van der Waals surface area contributed by atoms with Gasteiger partial charge in [0.2, 0.25) is 10.0 Å². The molecule has 0 heterocycles. The van der Waals surface area contributed by atoms with Gasteiger partial charge in [-0.05, 0) is 18.6 Å². The molecule has 1 rings (SSSR count). The molecule has 0 bridgehead atoms. The van der Waals surface area contributed by atoms with Crippen LogP contribution in [0.5, 0.6) is 0 Å². The van der Waals surface area contributed by atoms with E-state index in [2.05, 4.69) is 4.72 Å². The zero-order valence-corrected chi connectivity index (χ0v) is 12.0. The third kappa shape index (κ3) is 4.69. The van der Waals surface area contributed by atoms with Gasteiger partial charge in [-0.15, -0.1) is 0 Å². The van der Waals surface area contributed by atoms with Gasteiger partial charge < -0.3 is 10.5 Å². The number of sulfonamides is 1. The molecule has 1 aromatic rings. The molecule has 5 nitrogen and oxygen atoms in total. The predicted molar refractivity (Wildman–Crippen MR) is 71.7 cm³/mol. The molecule has 1 aromatic carbocycles. The lowest BCUT2D eigenvalue weighted by atomic mass is 10.3. The highest BCUT2D eigenvalue weighted by Crippen LogP contribution is 2.21. The van der Waals surface area contributed by atoms with Crippen LogP contribution in [0.15, 0.2) is 17.0 Å². The zero-order chi connectivity index (χ0) is 15.2. The van der Waals surface area contributed by atoms with Crippen LogP contribution in [-0.4, -0.2) is 28.2 Å². The average molecular weight is 308 g/mol. The van der Waals surface area contributed by atoms with Crippen molar-refractivity contribution in [3.8, 4) is 0 Å². The number of anilines is 1. The van der Waals surface area contributed by atoms with E-state index in [1.54, 1.807) is 0 Å². The van der Waals surface area contributed by atoms with Crippen LogP contribution in [-0.2, 0) is 14.8 Å². The minimum absolute atomic E-state index is 0.0602. The maximum Gasteiger partial charge on any atom is 0.246 e. The lowest BCUT2D eigenvalue weighted by molar-refractivity contribution is 0.136. The summed E-state index contributed by atoms with van der Waals surface area (Å²) in [5, 5.41) is 0. The van der Waals surface area contributed by atoms with Gasteiger partial charge in [-0.3, -0.25) is 0 Å². The predicted octanol–water partition coefficient (Wildman–Crippen LogP) is 1.64. The summed E-state index contributed by atoms with van der Waals surface area (Å²) in [4.78, 5) is -1.03. The summed E-state index contributed by atoms with van der Waals surface area (Å²) < 4.78 is 57.8. The summed E-state index contributed by atoms with van der Waals surface area (Å²) in [6, 6.07) is 1.52. The Morgan fingerprint density at radius 2 is 1.85 bits per heavy atom. The number of nitrogens with two attached hydrogens (primary N) is 1. The monoisotopic (exact) mass is 308 g/mol. The van der Waals surface area contributed by atoms with Gasteiger partial charge in [-0.25, -0.2) is 21.9 Å². The molecule has 0 aliphatic carbocycles. The van der Waals surface area contributed by atoms with Crippen LogP contribution < -0.4 is 10.5 Å². The maximum atomic E-state index is 13.5. The Morgan fingerprint density at radius 1 is 1.25 bits per heavy atom. The zero-order valence-electron chi connectivity index (χ0n) is 11.2. The minimum Gasteiger partial charge on any atom is -0.399 e. The molecule has 0 amide bonds. The minimum atomic E-state index is -4.27. The second kappa shape index (κ2) is 7.51. The molecule has 0 radical (unpaired) electrons. The number of unbranched alkanes of at least 4 members (excludes halogenated alkanes) is 1. The van der Waals surface area contributed by atoms with Gasteiger partial charge in [-0.1, -0.05) is 13.3 Å². The van der Waals surface area contributed by atoms with Crippen LogP contribution in [0.25, 0.3) is 0 Å². The second-order valence-corrected chi connectivity index (χ2v) is 5.88. The Hall–Kier alpha value is -1.25. The van der Waals surface area contributed by atoms with E-state index in [1.807, 2.05) is 6.92 Å². The first-order valence-electron chi connectivity index (χ1n) is 6.20. The Labute approximate surface area is 117 Å². The summed E-state index contributed by atoms with van der Waals surface area (Å²) >= 11 is 0. The first-order chi connectivity index (χ1) is 9.38. The van der Waals surface area contributed by atoms with Crippen LogP contribution >= 0.6 is 0 Å². The molecular formula is C12H18F2N2O3S. The van der Waals surface area contributed by atoms with Crippen LogP contribution in [0.1, 0.15) is 19.8 Å². The van der Waals surface area contributed by atoms with Gasteiger partial charge in [0.15, 0.2) is 4.90 Å². The molecule has 0 unspecified atom stereocenters. The summed E-state index contributed by atoms with van der Waals surface area (Å²) in [6.07, 6.45) is 1.83. The highest BCUT2D eigenvalue weighted by molar-refractivity contribution is 7.89. The van der Waals surface area contributed by atoms with E-state index in [0.29, 0.717) is 6.61 Å². The molecule has 114 valence electrons. The van der Waals surface area contributed by atoms with Crippen molar-refractivity contribution in [2.24, 2.45) is 0 Å². The summed E-state index contributed by atoms with van der Waals surface area (Å²) in [6.45, 7) is 2.59. The quantitative estimate of drug-likeness (QED) is 0.565. The molecule has 0 saturated heterocycles. The van der Waals surface area contributed by atoms with E-state index in [1.165, 1.54) is 0 Å². The van der Waals surface area contributed by atoms with Gasteiger partial charge >= 0.3 is 0 Å². The lowest BCUT2D eigenvalue weighted by Crippen LogP contribution is -2.29. The molecule has 8 heteroatoms. The van der Waals surface area contributed by atoms with Crippen LogP contribution in [0.4, 0.5) is 14.5 Å². The van der Waals surface area contributed by atoms with E-state index in [4.69, 9.17) is 10.5 Å². The molecule has 0 saturated carbocycles. The topological polar surface area (TPSA) is 81.4 Å². The number of benzene rings is 1. The molecule has 0 fully saturated rings. The summed E-state index contributed by atoms with van der Waals surface area (Å²) in [5.41, 5.74) is 5.05. The SMILES string of the molecule is CCCCOCCNS(=O)(=O)c1c(F)cc(N)cc1F. The number of halogens is 2. The number of nitrogen functional groups attached to an aromatic ring is 1. The molecule has 0 atom stereocenters. The van der Waals surface area contributed by atoms with Crippen molar-refractivity contribution in [3.63, 3.8) is 0 Å². The third-order valence-corrected chi connectivity index (χ3v) is 3.98. The van der Waals surface area contributed by atoms with Gasteiger partial charge in [-0.2, -0.15) is 0 Å². The van der Waals surface area contributed by atoms with E-state index in [9.17, 15) is 17.2 Å². The normalized spacial score (nSPS) is 11.8. The first-order valence-corrected chi connectivity index (χ1v) is 7.68. The van der Waals surface area contributed by atoms with Gasteiger partial charge in [0.05, 0.1) is 6.61 Å².